The van der Waals surface area contributed by atoms with E-state index in [1.807, 2.05) is 37.3 Å². The molecule has 35 heavy (non-hydrogen) atoms. The van der Waals surface area contributed by atoms with Crippen LogP contribution in [0.3, 0.4) is 0 Å². The number of allylic oxidation sites excluding steroid dienone is 1. The van der Waals surface area contributed by atoms with Crippen molar-refractivity contribution in [1.82, 2.24) is 9.80 Å². The van der Waals surface area contributed by atoms with Gasteiger partial charge in [-0.1, -0.05) is 48.5 Å². The molecule has 0 aromatic heterocycles. The van der Waals surface area contributed by atoms with Gasteiger partial charge < -0.3 is 14.6 Å². The van der Waals surface area contributed by atoms with Gasteiger partial charge in [0.05, 0.1) is 17.7 Å². The minimum atomic E-state index is -0.180. The van der Waals surface area contributed by atoms with Crippen LogP contribution in [-0.2, 0) is 13.1 Å². The Hall–Kier alpha value is -3.61. The first-order chi connectivity index (χ1) is 17.1. The second kappa shape index (κ2) is 10.3. The maximum absolute atomic E-state index is 13.1. The monoisotopic (exact) mass is 470 g/mol. The predicted molar refractivity (Wildman–Crippen MR) is 136 cm³/mol. The van der Waals surface area contributed by atoms with E-state index >= 15 is 0 Å². The highest BCUT2D eigenvalue weighted by molar-refractivity contribution is 6.15. The van der Waals surface area contributed by atoms with E-state index in [2.05, 4.69) is 34.1 Å². The molecule has 1 saturated heterocycles. The van der Waals surface area contributed by atoms with Gasteiger partial charge in [0.2, 0.25) is 5.78 Å². The number of fused-ring (bicyclic) bond motifs is 1. The first-order valence-electron chi connectivity index (χ1n) is 12.1. The van der Waals surface area contributed by atoms with Crippen molar-refractivity contribution < 1.29 is 19.4 Å². The molecule has 0 amide bonds. The molecule has 0 radical (unpaired) electrons. The second-order valence-corrected chi connectivity index (χ2v) is 8.89. The average Bonchev–Trinajstić information content (AvgIpc) is 3.19. The number of hydrogen-bond donors (Lipinski definition) is 1. The van der Waals surface area contributed by atoms with E-state index in [4.69, 9.17) is 9.47 Å². The lowest BCUT2D eigenvalue weighted by molar-refractivity contribution is 0.101. The van der Waals surface area contributed by atoms with Gasteiger partial charge in [0.15, 0.2) is 5.76 Å². The second-order valence-electron chi connectivity index (χ2n) is 8.89. The molecule has 0 spiro atoms. The third-order valence-electron chi connectivity index (χ3n) is 6.52. The molecule has 180 valence electrons. The van der Waals surface area contributed by atoms with Crippen LogP contribution in [0.25, 0.3) is 6.08 Å². The van der Waals surface area contributed by atoms with E-state index in [-0.39, 0.29) is 17.3 Å². The summed E-state index contributed by atoms with van der Waals surface area (Å²) in [5, 5.41) is 10.7. The quantitative estimate of drug-likeness (QED) is 0.504. The van der Waals surface area contributed by atoms with Crippen molar-refractivity contribution in [3.63, 3.8) is 0 Å². The van der Waals surface area contributed by atoms with E-state index < -0.39 is 0 Å². The van der Waals surface area contributed by atoms with Crippen LogP contribution in [0, 0.1) is 0 Å². The summed E-state index contributed by atoms with van der Waals surface area (Å²) < 4.78 is 11.8. The Morgan fingerprint density at radius 2 is 1.60 bits per heavy atom. The van der Waals surface area contributed by atoms with Gasteiger partial charge in [-0.2, -0.15) is 0 Å². The lowest BCUT2D eigenvalue weighted by Gasteiger charge is -2.35. The summed E-state index contributed by atoms with van der Waals surface area (Å²) in [7, 11) is 0. The summed E-state index contributed by atoms with van der Waals surface area (Å²) in [6, 6.07) is 21.3. The molecule has 0 unspecified atom stereocenters. The van der Waals surface area contributed by atoms with Crippen molar-refractivity contribution >= 4 is 11.9 Å². The number of Topliss-reactive ketones (excluding diaryl/α,β-unsaturated/α-hetero) is 1. The molecule has 2 aliphatic heterocycles. The maximum Gasteiger partial charge on any atom is 0.231 e. The molecule has 0 bridgehead atoms. The van der Waals surface area contributed by atoms with Crippen molar-refractivity contribution in [2.45, 2.75) is 20.0 Å². The fraction of sp³-hybridized carbons (Fsp3) is 0.276. The molecule has 0 atom stereocenters. The van der Waals surface area contributed by atoms with Crippen molar-refractivity contribution in [2.24, 2.45) is 0 Å². The van der Waals surface area contributed by atoms with Crippen molar-refractivity contribution in [2.75, 3.05) is 32.8 Å². The fourth-order valence-electron chi connectivity index (χ4n) is 4.65. The minimum absolute atomic E-state index is 0.152. The van der Waals surface area contributed by atoms with Crippen LogP contribution in [0.1, 0.15) is 34.0 Å². The van der Waals surface area contributed by atoms with Gasteiger partial charge >= 0.3 is 0 Å². The minimum Gasteiger partial charge on any atom is -0.507 e. The number of phenolic OH excluding ortho intramolecular Hbond substituents is 1. The molecule has 1 N–H and O–H groups in total. The standard InChI is InChI=1S/C29H30N2O4/c1-2-34-26-11-7-6-10-22(26)18-27-28(33)23-12-13-25(32)24(29(23)35-27)20-31-16-14-30(15-17-31)19-21-8-4-3-5-9-21/h3-13,18,32H,2,14-17,19-20H2,1H3/b27-18-. The number of hydrogen-bond acceptors (Lipinski definition) is 6. The fourth-order valence-corrected chi connectivity index (χ4v) is 4.65. The van der Waals surface area contributed by atoms with Crippen LogP contribution < -0.4 is 9.47 Å². The summed E-state index contributed by atoms with van der Waals surface area (Å²) in [5.74, 6) is 1.37. The highest BCUT2D eigenvalue weighted by Gasteiger charge is 2.32. The van der Waals surface area contributed by atoms with Gasteiger partial charge in [0.25, 0.3) is 0 Å². The van der Waals surface area contributed by atoms with E-state index in [0.29, 0.717) is 35.8 Å². The zero-order valence-corrected chi connectivity index (χ0v) is 19.9. The summed E-state index contributed by atoms with van der Waals surface area (Å²) in [5.41, 5.74) is 3.25. The molecule has 3 aromatic rings. The predicted octanol–water partition coefficient (Wildman–Crippen LogP) is 4.72. The van der Waals surface area contributed by atoms with Crippen LogP contribution in [-0.4, -0.2) is 53.5 Å². The maximum atomic E-state index is 13.1. The summed E-state index contributed by atoms with van der Waals surface area (Å²) in [6.07, 6.45) is 1.72. The number of phenols is 1. The Labute approximate surface area is 206 Å². The number of aromatic hydroxyl groups is 1. The van der Waals surface area contributed by atoms with Gasteiger partial charge in [-0.3, -0.25) is 14.6 Å². The number of para-hydroxylation sites is 1. The topological polar surface area (TPSA) is 62.2 Å². The van der Waals surface area contributed by atoms with Crippen LogP contribution in [0.4, 0.5) is 0 Å². The van der Waals surface area contributed by atoms with Crippen LogP contribution in [0.2, 0.25) is 0 Å². The van der Waals surface area contributed by atoms with Gasteiger partial charge in [-0.25, -0.2) is 0 Å². The summed E-state index contributed by atoms with van der Waals surface area (Å²) in [6.45, 7) is 7.59. The molecular weight excluding hydrogens is 440 g/mol. The lowest BCUT2D eigenvalue weighted by atomic mass is 10.0. The number of carbonyl (C=O) groups is 1. The normalized spacial score (nSPS) is 17.4. The number of nitrogens with zero attached hydrogens (tertiary/aromatic N) is 2. The van der Waals surface area contributed by atoms with Crippen LogP contribution >= 0.6 is 0 Å². The number of piperazine rings is 1. The third kappa shape index (κ3) is 5.09. The van der Waals surface area contributed by atoms with Gasteiger partial charge in [0.1, 0.15) is 17.2 Å². The SMILES string of the molecule is CCOc1ccccc1/C=C1\Oc2c(ccc(O)c2CN2CCN(Cc3ccccc3)CC2)C1=O. The first kappa shape index (κ1) is 23.1. The van der Waals surface area contributed by atoms with E-state index in [1.54, 1.807) is 18.2 Å². The van der Waals surface area contributed by atoms with Crippen molar-refractivity contribution in [3.8, 4) is 17.2 Å². The lowest BCUT2D eigenvalue weighted by Crippen LogP contribution is -2.45. The Kier molecular flexibility index (Phi) is 6.84. The van der Waals surface area contributed by atoms with Gasteiger partial charge in [-0.15, -0.1) is 0 Å². The van der Waals surface area contributed by atoms with Crippen LogP contribution in [0.15, 0.2) is 72.5 Å². The number of carbonyl (C=O) groups excluding carboxylic acids is 1. The molecule has 0 aliphatic carbocycles. The molecular formula is C29H30N2O4. The number of ketones is 1. The number of ether oxygens (including phenoxy) is 2. The molecule has 2 heterocycles. The summed E-state index contributed by atoms with van der Waals surface area (Å²) in [4.78, 5) is 17.9. The largest absolute Gasteiger partial charge is 0.507 e. The Morgan fingerprint density at radius 3 is 2.34 bits per heavy atom. The molecule has 6 nitrogen and oxygen atoms in total. The highest BCUT2D eigenvalue weighted by atomic mass is 16.5. The zero-order chi connectivity index (χ0) is 24.2. The Morgan fingerprint density at radius 1 is 0.914 bits per heavy atom. The van der Waals surface area contributed by atoms with E-state index in [9.17, 15) is 9.90 Å². The van der Waals surface area contributed by atoms with Crippen LogP contribution in [0.5, 0.6) is 17.2 Å². The van der Waals surface area contributed by atoms with Gasteiger partial charge in [-0.05, 0) is 36.8 Å². The number of rotatable bonds is 7. The highest BCUT2D eigenvalue weighted by Crippen LogP contribution is 2.40. The molecule has 5 rings (SSSR count). The molecule has 3 aromatic carbocycles. The summed E-state index contributed by atoms with van der Waals surface area (Å²) >= 11 is 0. The molecule has 2 aliphatic rings. The molecule has 1 fully saturated rings. The zero-order valence-electron chi connectivity index (χ0n) is 19.9. The Balaban J connectivity index is 1.30. The van der Waals surface area contributed by atoms with Crippen molar-refractivity contribution in [1.29, 1.82) is 0 Å². The smallest absolute Gasteiger partial charge is 0.231 e. The van der Waals surface area contributed by atoms with E-state index in [0.717, 1.165) is 38.3 Å². The van der Waals surface area contributed by atoms with Crippen molar-refractivity contribution in [3.05, 3.63) is 94.7 Å². The Bertz CT molecular complexity index is 1230. The molecule has 6 heteroatoms. The third-order valence-corrected chi connectivity index (χ3v) is 6.52. The molecule has 0 saturated carbocycles. The average molecular weight is 471 g/mol. The number of benzene rings is 3. The first-order valence-corrected chi connectivity index (χ1v) is 12.1. The van der Waals surface area contributed by atoms with E-state index in [1.165, 1.54) is 5.56 Å². The van der Waals surface area contributed by atoms with Gasteiger partial charge in [0, 0.05) is 44.8 Å².